The lowest BCUT2D eigenvalue weighted by molar-refractivity contribution is 0.0733. The second-order valence-electron chi connectivity index (χ2n) is 3.70. The van der Waals surface area contributed by atoms with Crippen LogP contribution in [0.5, 0.6) is 11.5 Å². The highest BCUT2D eigenvalue weighted by Gasteiger charge is 2.11. The molecule has 0 unspecified atom stereocenters. The van der Waals surface area contributed by atoms with Gasteiger partial charge in [-0.1, -0.05) is 22.0 Å². The number of benzene rings is 2. The molecule has 0 aliphatic rings. The molecule has 0 aliphatic carbocycles. The van der Waals surface area contributed by atoms with Gasteiger partial charge >= 0.3 is 5.97 Å². The van der Waals surface area contributed by atoms with Gasteiger partial charge in [0.15, 0.2) is 0 Å². The molecule has 3 nitrogen and oxygen atoms in total. The van der Waals surface area contributed by atoms with E-state index in [-0.39, 0.29) is 0 Å². The molecule has 0 saturated heterocycles. The van der Waals surface area contributed by atoms with Crippen molar-refractivity contribution in [1.29, 1.82) is 0 Å². The van der Waals surface area contributed by atoms with Gasteiger partial charge in [-0.25, -0.2) is 4.79 Å². The van der Waals surface area contributed by atoms with E-state index >= 15 is 0 Å². The molecular weight excluding hydrogens is 376 g/mol. The van der Waals surface area contributed by atoms with Crippen molar-refractivity contribution in [3.63, 3.8) is 0 Å². The van der Waals surface area contributed by atoms with Gasteiger partial charge in [0.2, 0.25) is 0 Å². The first-order valence-corrected chi connectivity index (χ1v) is 7.00. The molecule has 0 spiro atoms. The molecule has 5 heteroatoms. The lowest BCUT2D eigenvalue weighted by Gasteiger charge is -2.07. The number of carbonyl (C=O) groups excluding carboxylic acids is 1. The van der Waals surface area contributed by atoms with Crippen LogP contribution in [-0.4, -0.2) is 13.1 Å². The van der Waals surface area contributed by atoms with E-state index in [0.29, 0.717) is 21.5 Å². The second-order valence-corrected chi connectivity index (χ2v) is 5.47. The largest absolute Gasteiger partial charge is 0.497 e. The van der Waals surface area contributed by atoms with Crippen LogP contribution < -0.4 is 9.47 Å². The van der Waals surface area contributed by atoms with Gasteiger partial charge in [0.05, 0.1) is 17.1 Å². The minimum atomic E-state index is -0.429. The molecule has 0 bridgehead atoms. The van der Waals surface area contributed by atoms with Crippen LogP contribution in [0.3, 0.4) is 0 Å². The predicted molar refractivity (Wildman–Crippen MR) is 79.8 cm³/mol. The smallest absolute Gasteiger partial charge is 0.343 e. The molecule has 19 heavy (non-hydrogen) atoms. The number of methoxy groups -OCH3 is 1. The van der Waals surface area contributed by atoms with Crippen LogP contribution in [0.15, 0.2) is 51.4 Å². The van der Waals surface area contributed by atoms with Crippen molar-refractivity contribution in [3.05, 3.63) is 57.0 Å². The summed E-state index contributed by atoms with van der Waals surface area (Å²) in [6, 6.07) is 12.2. The zero-order valence-corrected chi connectivity index (χ0v) is 13.2. The highest BCUT2D eigenvalue weighted by Crippen LogP contribution is 2.29. The molecule has 0 aromatic heterocycles. The average molecular weight is 386 g/mol. The van der Waals surface area contributed by atoms with E-state index in [1.165, 1.54) is 0 Å². The summed E-state index contributed by atoms with van der Waals surface area (Å²) in [6.07, 6.45) is 0. The first-order valence-electron chi connectivity index (χ1n) is 5.41. The Balaban J connectivity index is 2.20. The fraction of sp³-hybridized carbons (Fsp3) is 0.0714. The minimum Gasteiger partial charge on any atom is -0.497 e. The van der Waals surface area contributed by atoms with Gasteiger partial charge in [-0.3, -0.25) is 0 Å². The molecule has 2 aromatic carbocycles. The Morgan fingerprint density at radius 3 is 2.58 bits per heavy atom. The molecule has 2 rings (SSSR count). The van der Waals surface area contributed by atoms with E-state index < -0.39 is 5.97 Å². The average Bonchev–Trinajstić information content (AvgIpc) is 2.42. The third-order valence-electron chi connectivity index (χ3n) is 2.40. The summed E-state index contributed by atoms with van der Waals surface area (Å²) in [7, 11) is 1.55. The minimum absolute atomic E-state index is 0.429. The van der Waals surface area contributed by atoms with Gasteiger partial charge in [-0.15, -0.1) is 0 Å². The van der Waals surface area contributed by atoms with E-state index in [0.717, 1.165) is 4.47 Å². The highest BCUT2D eigenvalue weighted by molar-refractivity contribution is 9.11. The number of halogens is 2. The number of carbonyl (C=O) groups is 1. The number of esters is 1. The summed E-state index contributed by atoms with van der Waals surface area (Å²) < 4.78 is 12.0. The Labute approximate surface area is 127 Å². The van der Waals surface area contributed by atoms with Crippen molar-refractivity contribution in [2.24, 2.45) is 0 Å². The highest BCUT2D eigenvalue weighted by atomic mass is 79.9. The van der Waals surface area contributed by atoms with Crippen molar-refractivity contribution in [2.75, 3.05) is 7.11 Å². The summed E-state index contributed by atoms with van der Waals surface area (Å²) >= 11 is 6.68. The molecule has 0 radical (unpaired) electrons. The van der Waals surface area contributed by atoms with E-state index in [1.54, 1.807) is 43.5 Å². The molecule has 0 fully saturated rings. The Morgan fingerprint density at radius 1 is 1.11 bits per heavy atom. The van der Waals surface area contributed by atoms with Crippen molar-refractivity contribution < 1.29 is 14.3 Å². The maximum absolute atomic E-state index is 12.0. The standard InChI is InChI=1S/C14H10Br2O3/c1-18-11-4-2-3-9(7-11)14(17)19-13-6-5-10(15)8-12(13)16/h2-8H,1H3. The topological polar surface area (TPSA) is 35.5 Å². The van der Waals surface area contributed by atoms with Crippen LogP contribution in [0.25, 0.3) is 0 Å². The number of hydrogen-bond donors (Lipinski definition) is 0. The lowest BCUT2D eigenvalue weighted by atomic mass is 10.2. The molecule has 0 amide bonds. The van der Waals surface area contributed by atoms with E-state index in [2.05, 4.69) is 31.9 Å². The van der Waals surface area contributed by atoms with Crippen LogP contribution in [0.4, 0.5) is 0 Å². The van der Waals surface area contributed by atoms with Gasteiger partial charge in [-0.05, 0) is 52.3 Å². The van der Waals surface area contributed by atoms with Crippen molar-refractivity contribution in [1.82, 2.24) is 0 Å². The van der Waals surface area contributed by atoms with Crippen LogP contribution in [0, 0.1) is 0 Å². The van der Waals surface area contributed by atoms with Crippen molar-refractivity contribution >= 4 is 37.8 Å². The Kier molecular flexibility index (Phi) is 4.61. The SMILES string of the molecule is COc1cccc(C(=O)Oc2ccc(Br)cc2Br)c1. The fourth-order valence-electron chi connectivity index (χ4n) is 1.47. The Bertz CT molecular complexity index is 611. The molecule has 2 aromatic rings. The molecule has 0 saturated carbocycles. The quantitative estimate of drug-likeness (QED) is 0.578. The number of hydrogen-bond acceptors (Lipinski definition) is 3. The van der Waals surface area contributed by atoms with E-state index in [4.69, 9.17) is 9.47 Å². The Hall–Kier alpha value is -1.33. The van der Waals surface area contributed by atoms with Crippen LogP contribution in [0.2, 0.25) is 0 Å². The summed E-state index contributed by atoms with van der Waals surface area (Å²) in [4.78, 5) is 12.0. The van der Waals surface area contributed by atoms with E-state index in [1.807, 2.05) is 6.07 Å². The molecule has 0 N–H and O–H groups in total. The summed E-state index contributed by atoms with van der Waals surface area (Å²) in [5.41, 5.74) is 0.439. The van der Waals surface area contributed by atoms with Crippen LogP contribution >= 0.6 is 31.9 Å². The maximum atomic E-state index is 12.0. The Morgan fingerprint density at radius 2 is 1.89 bits per heavy atom. The van der Waals surface area contributed by atoms with Gasteiger partial charge in [0.25, 0.3) is 0 Å². The summed E-state index contributed by atoms with van der Waals surface area (Å²) in [5.74, 6) is 0.655. The third kappa shape index (κ3) is 3.58. The van der Waals surface area contributed by atoms with Gasteiger partial charge in [-0.2, -0.15) is 0 Å². The van der Waals surface area contributed by atoms with E-state index in [9.17, 15) is 4.79 Å². The zero-order valence-electron chi connectivity index (χ0n) is 10.0. The first-order chi connectivity index (χ1) is 9.10. The zero-order chi connectivity index (χ0) is 13.8. The number of rotatable bonds is 3. The fourth-order valence-corrected chi connectivity index (χ4v) is 2.59. The summed E-state index contributed by atoms with van der Waals surface area (Å²) in [6.45, 7) is 0. The normalized spacial score (nSPS) is 10.1. The number of ether oxygens (including phenoxy) is 2. The van der Waals surface area contributed by atoms with Crippen LogP contribution in [-0.2, 0) is 0 Å². The van der Waals surface area contributed by atoms with Crippen molar-refractivity contribution in [2.45, 2.75) is 0 Å². The molecule has 0 heterocycles. The molecular formula is C14H10Br2O3. The molecule has 0 atom stereocenters. The molecule has 98 valence electrons. The van der Waals surface area contributed by atoms with Gasteiger partial charge in [0, 0.05) is 4.47 Å². The van der Waals surface area contributed by atoms with Crippen LogP contribution in [0.1, 0.15) is 10.4 Å². The van der Waals surface area contributed by atoms with Gasteiger partial charge < -0.3 is 9.47 Å². The monoisotopic (exact) mass is 384 g/mol. The lowest BCUT2D eigenvalue weighted by Crippen LogP contribution is -2.08. The predicted octanol–water partition coefficient (Wildman–Crippen LogP) is 4.44. The second kappa shape index (κ2) is 6.21. The molecule has 0 aliphatic heterocycles. The van der Waals surface area contributed by atoms with Gasteiger partial charge in [0.1, 0.15) is 11.5 Å². The van der Waals surface area contributed by atoms with Crippen molar-refractivity contribution in [3.8, 4) is 11.5 Å². The third-order valence-corrected chi connectivity index (χ3v) is 3.51. The maximum Gasteiger partial charge on any atom is 0.343 e. The summed E-state index contributed by atoms with van der Waals surface area (Å²) in [5, 5.41) is 0. The first kappa shape index (κ1) is 14.1.